The van der Waals surface area contributed by atoms with Gasteiger partial charge in [0.05, 0.1) is 0 Å². The smallest absolute Gasteiger partial charge is 0.0119 e. The third-order valence-corrected chi connectivity index (χ3v) is 1.89. The molecular weight excluding hydrogens is 140 g/mol. The molecule has 0 spiro atoms. The minimum absolute atomic E-state index is 0.323. The Morgan fingerprint density at radius 2 is 1.90 bits per heavy atom. The molecule has 0 amide bonds. The molecule has 0 radical (unpaired) electrons. The van der Waals surface area contributed by atoms with Crippen LogP contribution in [0.2, 0.25) is 0 Å². The van der Waals surface area contributed by atoms with Crippen molar-refractivity contribution in [2.75, 3.05) is 0 Å². The van der Waals surface area contributed by atoms with Crippen molar-refractivity contribution in [2.24, 2.45) is 0 Å². The summed E-state index contributed by atoms with van der Waals surface area (Å²) in [7, 11) is 0. The fourth-order valence-electron chi connectivity index (χ4n) is 0.683. The molecule has 0 aliphatic heterocycles. The lowest BCUT2D eigenvalue weighted by Crippen LogP contribution is -2.06. The molecule has 0 aliphatic carbocycles. The first-order chi connectivity index (χ1) is 4.45. The highest BCUT2D eigenvalue weighted by Crippen LogP contribution is 2.30. The van der Waals surface area contributed by atoms with E-state index in [4.69, 9.17) is 0 Å². The van der Waals surface area contributed by atoms with Gasteiger partial charge in [-0.3, -0.25) is 0 Å². The van der Waals surface area contributed by atoms with Crippen molar-refractivity contribution >= 4 is 11.8 Å². The van der Waals surface area contributed by atoms with Gasteiger partial charge in [0.25, 0.3) is 0 Å². The molecule has 0 bridgehead atoms. The SMILES string of the molecule is C=C/C=C(\C)SC(C)(C)C. The van der Waals surface area contributed by atoms with E-state index >= 15 is 0 Å². The Morgan fingerprint density at radius 1 is 1.40 bits per heavy atom. The number of hydrogen-bond acceptors (Lipinski definition) is 1. The number of rotatable bonds is 2. The van der Waals surface area contributed by atoms with Crippen LogP contribution in [0.4, 0.5) is 0 Å². The Balaban J connectivity index is 3.91. The van der Waals surface area contributed by atoms with Crippen LogP contribution in [-0.4, -0.2) is 4.75 Å². The number of allylic oxidation sites excluding steroid dienone is 3. The molecule has 58 valence electrons. The van der Waals surface area contributed by atoms with E-state index in [9.17, 15) is 0 Å². The van der Waals surface area contributed by atoms with Gasteiger partial charge in [0.1, 0.15) is 0 Å². The van der Waals surface area contributed by atoms with Gasteiger partial charge < -0.3 is 0 Å². The van der Waals surface area contributed by atoms with Crippen molar-refractivity contribution in [3.05, 3.63) is 23.6 Å². The normalized spacial score (nSPS) is 13.4. The quantitative estimate of drug-likeness (QED) is 0.550. The van der Waals surface area contributed by atoms with Crippen LogP contribution in [0, 0.1) is 0 Å². The van der Waals surface area contributed by atoms with Crippen LogP contribution in [0.15, 0.2) is 23.6 Å². The predicted molar refractivity (Wildman–Crippen MR) is 51.3 cm³/mol. The third-order valence-electron chi connectivity index (χ3n) is 0.820. The highest BCUT2D eigenvalue weighted by molar-refractivity contribution is 8.04. The Bertz CT molecular complexity index is 137. The summed E-state index contributed by atoms with van der Waals surface area (Å²) >= 11 is 1.87. The predicted octanol–water partition coefficient (Wildman–Crippen LogP) is 3.61. The maximum absolute atomic E-state index is 3.64. The first-order valence-electron chi connectivity index (χ1n) is 3.44. The van der Waals surface area contributed by atoms with Gasteiger partial charge in [-0.25, -0.2) is 0 Å². The summed E-state index contributed by atoms with van der Waals surface area (Å²) in [5.74, 6) is 0. The summed E-state index contributed by atoms with van der Waals surface area (Å²) < 4.78 is 0.323. The average Bonchev–Trinajstić information content (AvgIpc) is 1.59. The fraction of sp³-hybridized carbons (Fsp3) is 0.556. The standard InChI is InChI=1S/C9H16S/c1-6-7-8(2)10-9(3,4)5/h6-7H,1H2,2-5H3/b8-7+. The van der Waals surface area contributed by atoms with Crippen molar-refractivity contribution in [3.63, 3.8) is 0 Å². The maximum atomic E-state index is 3.64. The van der Waals surface area contributed by atoms with Crippen LogP contribution >= 0.6 is 11.8 Å². The van der Waals surface area contributed by atoms with E-state index in [1.54, 1.807) is 0 Å². The molecule has 0 aromatic rings. The lowest BCUT2D eigenvalue weighted by molar-refractivity contribution is 0.806. The van der Waals surface area contributed by atoms with E-state index < -0.39 is 0 Å². The van der Waals surface area contributed by atoms with Crippen LogP contribution in [0.25, 0.3) is 0 Å². The van der Waals surface area contributed by atoms with E-state index in [1.807, 2.05) is 23.9 Å². The fourth-order valence-corrected chi connectivity index (χ4v) is 1.81. The minimum Gasteiger partial charge on any atom is -0.125 e. The van der Waals surface area contributed by atoms with Crippen LogP contribution in [-0.2, 0) is 0 Å². The summed E-state index contributed by atoms with van der Waals surface area (Å²) in [6.45, 7) is 12.4. The summed E-state index contributed by atoms with van der Waals surface area (Å²) in [6, 6.07) is 0. The van der Waals surface area contributed by atoms with E-state index in [2.05, 4.69) is 34.3 Å². The Kier molecular flexibility index (Phi) is 3.80. The van der Waals surface area contributed by atoms with Gasteiger partial charge in [0.2, 0.25) is 0 Å². The molecule has 0 saturated heterocycles. The second kappa shape index (κ2) is 3.87. The van der Waals surface area contributed by atoms with Gasteiger partial charge in [-0.1, -0.05) is 39.5 Å². The van der Waals surface area contributed by atoms with Gasteiger partial charge in [-0.2, -0.15) is 0 Å². The van der Waals surface area contributed by atoms with Crippen molar-refractivity contribution in [2.45, 2.75) is 32.4 Å². The average molecular weight is 156 g/mol. The summed E-state index contributed by atoms with van der Waals surface area (Å²) in [6.07, 6.45) is 3.87. The monoisotopic (exact) mass is 156 g/mol. The van der Waals surface area contributed by atoms with Crippen molar-refractivity contribution in [1.29, 1.82) is 0 Å². The number of thioether (sulfide) groups is 1. The molecule has 0 aromatic carbocycles. The largest absolute Gasteiger partial charge is 0.125 e. The zero-order valence-corrected chi connectivity index (χ0v) is 8.09. The molecule has 0 saturated carbocycles. The highest BCUT2D eigenvalue weighted by Gasteiger charge is 2.10. The van der Waals surface area contributed by atoms with Crippen LogP contribution in [0.1, 0.15) is 27.7 Å². The molecule has 0 rings (SSSR count). The lowest BCUT2D eigenvalue weighted by Gasteiger charge is -2.17. The summed E-state index contributed by atoms with van der Waals surface area (Å²) in [5.41, 5.74) is 0. The first kappa shape index (κ1) is 9.83. The van der Waals surface area contributed by atoms with Gasteiger partial charge in [0.15, 0.2) is 0 Å². The van der Waals surface area contributed by atoms with Crippen LogP contribution < -0.4 is 0 Å². The zero-order chi connectivity index (χ0) is 8.20. The first-order valence-corrected chi connectivity index (χ1v) is 4.26. The Hall–Kier alpha value is -0.170. The van der Waals surface area contributed by atoms with Crippen LogP contribution in [0.3, 0.4) is 0 Å². The van der Waals surface area contributed by atoms with Gasteiger partial charge in [-0.05, 0) is 11.8 Å². The Morgan fingerprint density at radius 3 is 2.20 bits per heavy atom. The van der Waals surface area contributed by atoms with E-state index in [-0.39, 0.29) is 0 Å². The van der Waals surface area contributed by atoms with E-state index in [0.29, 0.717) is 4.75 Å². The van der Waals surface area contributed by atoms with Crippen molar-refractivity contribution in [1.82, 2.24) is 0 Å². The Labute approximate surface area is 68.4 Å². The summed E-state index contributed by atoms with van der Waals surface area (Å²) in [5, 5.41) is 0. The van der Waals surface area contributed by atoms with Gasteiger partial charge in [0, 0.05) is 4.75 Å². The molecule has 0 unspecified atom stereocenters. The van der Waals surface area contributed by atoms with Gasteiger partial charge >= 0.3 is 0 Å². The molecule has 0 heterocycles. The molecule has 0 atom stereocenters. The topological polar surface area (TPSA) is 0 Å². The van der Waals surface area contributed by atoms with Crippen LogP contribution in [0.5, 0.6) is 0 Å². The summed E-state index contributed by atoms with van der Waals surface area (Å²) in [4.78, 5) is 1.32. The van der Waals surface area contributed by atoms with Crippen molar-refractivity contribution in [3.8, 4) is 0 Å². The third kappa shape index (κ3) is 5.96. The number of hydrogen-bond donors (Lipinski definition) is 0. The lowest BCUT2D eigenvalue weighted by atomic mass is 10.3. The molecule has 0 N–H and O–H groups in total. The van der Waals surface area contributed by atoms with Crippen molar-refractivity contribution < 1.29 is 0 Å². The highest BCUT2D eigenvalue weighted by atomic mass is 32.2. The van der Waals surface area contributed by atoms with Gasteiger partial charge in [-0.15, -0.1) is 11.8 Å². The van der Waals surface area contributed by atoms with E-state index in [0.717, 1.165) is 0 Å². The molecule has 0 nitrogen and oxygen atoms in total. The molecule has 0 aliphatic rings. The maximum Gasteiger partial charge on any atom is 0.0119 e. The zero-order valence-electron chi connectivity index (χ0n) is 7.27. The molecule has 0 fully saturated rings. The molecule has 1 heteroatoms. The molecule has 10 heavy (non-hydrogen) atoms. The minimum atomic E-state index is 0.323. The molecule has 0 aromatic heterocycles. The molecular formula is C9H16S. The second-order valence-electron chi connectivity index (χ2n) is 3.23. The van der Waals surface area contributed by atoms with E-state index in [1.165, 1.54) is 4.91 Å². The second-order valence-corrected chi connectivity index (χ2v) is 5.30.